The fourth-order valence-corrected chi connectivity index (χ4v) is 3.25. The average Bonchev–Trinajstić information content (AvgIpc) is 3.18. The molecule has 22 heavy (non-hydrogen) atoms. The third-order valence-corrected chi connectivity index (χ3v) is 4.42. The van der Waals surface area contributed by atoms with Crippen LogP contribution in [-0.4, -0.2) is 9.97 Å². The third-order valence-electron chi connectivity index (χ3n) is 4.42. The minimum absolute atomic E-state index is 0.143. The van der Waals surface area contributed by atoms with E-state index in [9.17, 15) is 0 Å². The van der Waals surface area contributed by atoms with Crippen molar-refractivity contribution >= 4 is 11.0 Å². The molecular formula is C18H18N4. The fourth-order valence-electron chi connectivity index (χ4n) is 3.25. The van der Waals surface area contributed by atoms with Crippen molar-refractivity contribution in [1.82, 2.24) is 9.97 Å². The molecule has 1 N–H and O–H groups in total. The molecule has 2 aromatic heterocycles. The maximum Gasteiger partial charge on any atom is 0.258 e. The summed E-state index contributed by atoms with van der Waals surface area (Å²) in [5.74, 6) is 0.800. The zero-order valence-electron chi connectivity index (χ0n) is 12.5. The summed E-state index contributed by atoms with van der Waals surface area (Å²) < 4.78 is 0. The monoisotopic (exact) mass is 290 g/mol. The minimum Gasteiger partial charge on any atom is -0.346 e. The van der Waals surface area contributed by atoms with E-state index < -0.39 is 0 Å². The van der Waals surface area contributed by atoms with Crippen molar-refractivity contribution in [3.8, 4) is 6.07 Å². The SMILES string of the molecule is [C-]#[N+]/C(C#N)=C\Cc1c[nH]c2ncc(CC3CCCC3)cc12. The van der Waals surface area contributed by atoms with Gasteiger partial charge in [-0.05, 0) is 36.0 Å². The molecule has 110 valence electrons. The number of pyridine rings is 1. The lowest BCUT2D eigenvalue weighted by atomic mass is 9.98. The van der Waals surface area contributed by atoms with Gasteiger partial charge >= 0.3 is 0 Å². The summed E-state index contributed by atoms with van der Waals surface area (Å²) in [7, 11) is 0. The molecule has 0 saturated heterocycles. The Bertz CT molecular complexity index is 764. The first kappa shape index (κ1) is 14.4. The third kappa shape index (κ3) is 3.02. The van der Waals surface area contributed by atoms with Gasteiger partial charge in [-0.1, -0.05) is 31.8 Å². The summed E-state index contributed by atoms with van der Waals surface area (Å²) in [4.78, 5) is 10.9. The molecule has 4 heteroatoms. The number of hydrogen-bond donors (Lipinski definition) is 1. The van der Waals surface area contributed by atoms with Crippen molar-refractivity contribution in [2.75, 3.05) is 0 Å². The summed E-state index contributed by atoms with van der Waals surface area (Å²) in [6.45, 7) is 6.93. The smallest absolute Gasteiger partial charge is 0.258 e. The van der Waals surface area contributed by atoms with E-state index in [1.807, 2.05) is 18.5 Å². The van der Waals surface area contributed by atoms with Gasteiger partial charge in [-0.2, -0.15) is 0 Å². The molecular weight excluding hydrogens is 272 g/mol. The number of aromatic amines is 1. The zero-order valence-corrected chi connectivity index (χ0v) is 12.5. The van der Waals surface area contributed by atoms with Crippen LogP contribution < -0.4 is 0 Å². The van der Waals surface area contributed by atoms with E-state index >= 15 is 0 Å². The summed E-state index contributed by atoms with van der Waals surface area (Å²) >= 11 is 0. The lowest BCUT2D eigenvalue weighted by Crippen LogP contribution is -1.99. The van der Waals surface area contributed by atoms with E-state index in [-0.39, 0.29) is 5.70 Å². The molecule has 1 saturated carbocycles. The Kier molecular flexibility index (Phi) is 4.21. The predicted molar refractivity (Wildman–Crippen MR) is 85.8 cm³/mol. The number of nitriles is 1. The first-order chi connectivity index (χ1) is 10.8. The predicted octanol–water partition coefficient (Wildman–Crippen LogP) is 4.16. The molecule has 2 aromatic rings. The highest BCUT2D eigenvalue weighted by atomic mass is 14.8. The quantitative estimate of drug-likeness (QED) is 0.679. The van der Waals surface area contributed by atoms with Gasteiger partial charge in [0.2, 0.25) is 0 Å². The van der Waals surface area contributed by atoms with E-state index in [4.69, 9.17) is 11.8 Å². The molecule has 0 spiro atoms. The molecule has 4 nitrogen and oxygen atoms in total. The van der Waals surface area contributed by atoms with Crippen LogP contribution in [-0.2, 0) is 12.8 Å². The van der Waals surface area contributed by atoms with Crippen LogP contribution >= 0.6 is 0 Å². The lowest BCUT2D eigenvalue weighted by Gasteiger charge is -2.08. The highest BCUT2D eigenvalue weighted by Crippen LogP contribution is 2.29. The minimum atomic E-state index is 0.143. The van der Waals surface area contributed by atoms with Crippen molar-refractivity contribution in [2.24, 2.45) is 5.92 Å². The molecule has 0 unspecified atom stereocenters. The van der Waals surface area contributed by atoms with Crippen LogP contribution in [0.3, 0.4) is 0 Å². The maximum absolute atomic E-state index is 8.82. The Morgan fingerprint density at radius 3 is 3.05 bits per heavy atom. The number of H-pyrrole nitrogens is 1. The van der Waals surface area contributed by atoms with E-state index in [0.29, 0.717) is 6.42 Å². The van der Waals surface area contributed by atoms with Crippen molar-refractivity contribution < 1.29 is 0 Å². The average molecular weight is 290 g/mol. The van der Waals surface area contributed by atoms with Crippen LogP contribution in [0.25, 0.3) is 15.9 Å². The molecule has 0 atom stereocenters. The Morgan fingerprint density at radius 1 is 1.50 bits per heavy atom. The van der Waals surface area contributed by atoms with Gasteiger partial charge in [0.05, 0.1) is 12.6 Å². The van der Waals surface area contributed by atoms with Gasteiger partial charge in [-0.25, -0.2) is 15.1 Å². The topological polar surface area (TPSA) is 56.8 Å². The van der Waals surface area contributed by atoms with Gasteiger partial charge in [0, 0.05) is 17.8 Å². The first-order valence-corrected chi connectivity index (χ1v) is 7.72. The van der Waals surface area contributed by atoms with E-state index in [2.05, 4.69) is 20.9 Å². The molecule has 0 aromatic carbocycles. The Morgan fingerprint density at radius 2 is 2.32 bits per heavy atom. The highest BCUT2D eigenvalue weighted by Gasteiger charge is 2.16. The molecule has 0 aliphatic heterocycles. The number of hydrogen-bond acceptors (Lipinski definition) is 2. The van der Waals surface area contributed by atoms with Crippen LogP contribution in [0.1, 0.15) is 36.8 Å². The standard InChI is InChI=1S/C18H18N4/c1-20-16(10-19)7-6-15-12-22-18-17(15)9-14(11-21-18)8-13-4-2-3-5-13/h7,9,11-13H,2-6,8H2,(H,21,22)/b16-7-. The second-order valence-electron chi connectivity index (χ2n) is 5.93. The van der Waals surface area contributed by atoms with Gasteiger partial charge in [0.1, 0.15) is 5.65 Å². The van der Waals surface area contributed by atoms with Gasteiger partial charge in [-0.3, -0.25) is 0 Å². The Balaban J connectivity index is 1.84. The number of aromatic nitrogens is 2. The van der Waals surface area contributed by atoms with Crippen molar-refractivity contribution in [1.29, 1.82) is 5.26 Å². The Hall–Kier alpha value is -2.59. The molecule has 2 heterocycles. The largest absolute Gasteiger partial charge is 0.346 e. The summed E-state index contributed by atoms with van der Waals surface area (Å²) in [5, 5.41) is 9.92. The molecule has 0 radical (unpaired) electrons. The summed E-state index contributed by atoms with van der Waals surface area (Å²) in [6, 6.07) is 4.12. The Labute approximate surface area is 130 Å². The number of nitrogens with one attached hydrogen (secondary N) is 1. The summed E-state index contributed by atoms with van der Waals surface area (Å²) in [5.41, 5.74) is 3.39. The molecule has 1 aliphatic rings. The highest BCUT2D eigenvalue weighted by molar-refractivity contribution is 5.80. The second-order valence-corrected chi connectivity index (χ2v) is 5.93. The van der Waals surface area contributed by atoms with E-state index in [1.165, 1.54) is 31.2 Å². The van der Waals surface area contributed by atoms with Gasteiger partial charge in [0.15, 0.2) is 0 Å². The van der Waals surface area contributed by atoms with Gasteiger partial charge < -0.3 is 4.98 Å². The van der Waals surface area contributed by atoms with E-state index in [0.717, 1.165) is 28.9 Å². The molecule has 1 fully saturated rings. The van der Waals surface area contributed by atoms with Crippen molar-refractivity contribution in [3.63, 3.8) is 0 Å². The van der Waals surface area contributed by atoms with Crippen LogP contribution in [0.2, 0.25) is 0 Å². The van der Waals surface area contributed by atoms with E-state index in [1.54, 1.807) is 6.08 Å². The molecule has 0 bridgehead atoms. The molecule has 1 aliphatic carbocycles. The van der Waals surface area contributed by atoms with Crippen molar-refractivity contribution in [3.05, 3.63) is 52.8 Å². The van der Waals surface area contributed by atoms with Crippen molar-refractivity contribution in [2.45, 2.75) is 38.5 Å². The first-order valence-electron chi connectivity index (χ1n) is 7.72. The van der Waals surface area contributed by atoms with Crippen LogP contribution in [0.5, 0.6) is 0 Å². The normalized spacial score (nSPS) is 15.8. The fraction of sp³-hybridized carbons (Fsp3) is 0.389. The number of allylic oxidation sites excluding steroid dienone is 2. The number of fused-ring (bicyclic) bond motifs is 1. The zero-order chi connectivity index (χ0) is 15.4. The van der Waals surface area contributed by atoms with Gasteiger partial charge in [0.25, 0.3) is 5.70 Å². The summed E-state index contributed by atoms with van der Waals surface area (Å²) in [6.07, 6.45) is 12.6. The van der Waals surface area contributed by atoms with Crippen LogP contribution in [0.4, 0.5) is 0 Å². The second kappa shape index (κ2) is 6.45. The lowest BCUT2D eigenvalue weighted by molar-refractivity contribution is 0.546. The van der Waals surface area contributed by atoms with Gasteiger partial charge in [-0.15, -0.1) is 0 Å². The molecule has 0 amide bonds. The molecule has 3 rings (SSSR count). The van der Waals surface area contributed by atoms with Crippen LogP contribution in [0.15, 0.2) is 30.2 Å². The number of rotatable bonds is 4. The van der Waals surface area contributed by atoms with Crippen LogP contribution in [0, 0.1) is 23.8 Å². The number of nitrogens with zero attached hydrogens (tertiary/aromatic N) is 3. The maximum atomic E-state index is 8.82.